The molecule has 0 bridgehead atoms. The van der Waals surface area contributed by atoms with Crippen LogP contribution in [0.3, 0.4) is 0 Å². The molecular formula is C11H13Cl2F. The van der Waals surface area contributed by atoms with Crippen LogP contribution in [0.1, 0.15) is 19.4 Å². The average molecular weight is 235 g/mol. The lowest BCUT2D eigenvalue weighted by Gasteiger charge is -2.21. The molecule has 0 radical (unpaired) electrons. The Morgan fingerprint density at radius 2 is 2.00 bits per heavy atom. The Balaban J connectivity index is 2.83. The highest BCUT2D eigenvalue weighted by Crippen LogP contribution is 2.25. The van der Waals surface area contributed by atoms with Gasteiger partial charge in [-0.3, -0.25) is 0 Å². The summed E-state index contributed by atoms with van der Waals surface area (Å²) in [5.74, 6) is 0.196. The molecule has 0 aromatic heterocycles. The maximum Gasteiger partial charge on any atom is 0.141 e. The van der Waals surface area contributed by atoms with Crippen LogP contribution >= 0.6 is 23.2 Å². The van der Waals surface area contributed by atoms with Crippen LogP contribution in [0.25, 0.3) is 0 Å². The van der Waals surface area contributed by atoms with Gasteiger partial charge in [-0.1, -0.05) is 31.5 Å². The smallest absolute Gasteiger partial charge is 0.141 e. The van der Waals surface area contributed by atoms with E-state index in [-0.39, 0.29) is 16.3 Å². The zero-order chi connectivity index (χ0) is 10.8. The standard InChI is InChI=1S/C11H13Cl2F/c1-11(2,7-12)6-8-3-4-10(14)9(13)5-8/h3-5H,6-7H2,1-2H3. The van der Waals surface area contributed by atoms with Crippen molar-refractivity contribution < 1.29 is 4.39 Å². The van der Waals surface area contributed by atoms with Crippen molar-refractivity contribution in [1.82, 2.24) is 0 Å². The van der Waals surface area contributed by atoms with Crippen molar-refractivity contribution in [2.75, 3.05) is 5.88 Å². The molecule has 0 saturated carbocycles. The number of halogens is 3. The molecule has 1 rings (SSSR count). The maximum atomic E-state index is 12.9. The van der Waals surface area contributed by atoms with E-state index in [9.17, 15) is 4.39 Å². The first kappa shape index (κ1) is 11.8. The summed E-state index contributed by atoms with van der Waals surface area (Å²) in [5, 5.41) is 0.174. The van der Waals surface area contributed by atoms with E-state index >= 15 is 0 Å². The molecule has 0 nitrogen and oxygen atoms in total. The highest BCUT2D eigenvalue weighted by atomic mass is 35.5. The van der Waals surface area contributed by atoms with Crippen molar-refractivity contribution in [2.45, 2.75) is 20.3 Å². The first-order valence-corrected chi connectivity index (χ1v) is 5.36. The fraction of sp³-hybridized carbons (Fsp3) is 0.455. The summed E-state index contributed by atoms with van der Waals surface area (Å²) >= 11 is 11.5. The van der Waals surface area contributed by atoms with E-state index in [2.05, 4.69) is 13.8 Å². The van der Waals surface area contributed by atoms with Gasteiger partial charge in [0.25, 0.3) is 0 Å². The van der Waals surface area contributed by atoms with Gasteiger partial charge in [-0.2, -0.15) is 0 Å². The molecule has 0 aliphatic heterocycles. The summed E-state index contributed by atoms with van der Waals surface area (Å²) < 4.78 is 12.9. The van der Waals surface area contributed by atoms with E-state index in [1.807, 2.05) is 0 Å². The zero-order valence-electron chi connectivity index (χ0n) is 8.28. The van der Waals surface area contributed by atoms with Crippen LogP contribution in [-0.4, -0.2) is 5.88 Å². The Morgan fingerprint density at radius 3 is 2.50 bits per heavy atom. The molecule has 78 valence electrons. The van der Waals surface area contributed by atoms with Gasteiger partial charge in [0.1, 0.15) is 5.82 Å². The maximum absolute atomic E-state index is 12.9. The Kier molecular flexibility index (Phi) is 3.79. The molecule has 0 saturated heterocycles. The average Bonchev–Trinajstić information content (AvgIpc) is 2.11. The number of benzene rings is 1. The van der Waals surface area contributed by atoms with Gasteiger partial charge in [0.05, 0.1) is 5.02 Å². The molecule has 1 aromatic carbocycles. The SMILES string of the molecule is CC(C)(CCl)Cc1ccc(F)c(Cl)c1. The second-order valence-corrected chi connectivity index (χ2v) is 4.90. The fourth-order valence-corrected chi connectivity index (χ4v) is 1.55. The molecule has 0 aliphatic carbocycles. The van der Waals surface area contributed by atoms with Gasteiger partial charge in [0.2, 0.25) is 0 Å². The summed E-state index contributed by atoms with van der Waals surface area (Å²) in [7, 11) is 0. The van der Waals surface area contributed by atoms with Crippen LogP contribution in [-0.2, 0) is 6.42 Å². The predicted octanol–water partition coefficient (Wildman–Crippen LogP) is 4.29. The predicted molar refractivity (Wildman–Crippen MR) is 59.6 cm³/mol. The second-order valence-electron chi connectivity index (χ2n) is 4.22. The molecule has 0 atom stereocenters. The highest BCUT2D eigenvalue weighted by Gasteiger charge is 2.17. The van der Waals surface area contributed by atoms with Crippen LogP contribution in [0.5, 0.6) is 0 Å². The molecule has 14 heavy (non-hydrogen) atoms. The molecule has 0 amide bonds. The molecular weight excluding hydrogens is 222 g/mol. The van der Waals surface area contributed by atoms with Crippen molar-refractivity contribution >= 4 is 23.2 Å². The minimum atomic E-state index is -0.376. The van der Waals surface area contributed by atoms with Crippen LogP contribution < -0.4 is 0 Å². The van der Waals surface area contributed by atoms with Gasteiger partial charge in [-0.05, 0) is 29.5 Å². The lowest BCUT2D eigenvalue weighted by atomic mass is 9.88. The van der Waals surface area contributed by atoms with Crippen molar-refractivity contribution in [3.05, 3.63) is 34.6 Å². The summed E-state index contributed by atoms with van der Waals surface area (Å²) in [6.07, 6.45) is 0.802. The third-order valence-corrected chi connectivity index (χ3v) is 3.04. The van der Waals surface area contributed by atoms with E-state index in [0.717, 1.165) is 12.0 Å². The number of alkyl halides is 1. The third kappa shape index (κ3) is 3.14. The minimum absolute atomic E-state index is 0.0166. The highest BCUT2D eigenvalue weighted by molar-refractivity contribution is 6.30. The normalized spacial score (nSPS) is 11.8. The first-order valence-electron chi connectivity index (χ1n) is 4.44. The Morgan fingerprint density at radius 1 is 1.36 bits per heavy atom. The van der Waals surface area contributed by atoms with Crippen LogP contribution in [0.2, 0.25) is 5.02 Å². The van der Waals surface area contributed by atoms with Crippen molar-refractivity contribution in [3.63, 3.8) is 0 Å². The molecule has 0 aliphatic rings. The topological polar surface area (TPSA) is 0 Å². The van der Waals surface area contributed by atoms with E-state index in [4.69, 9.17) is 23.2 Å². The Hall–Kier alpha value is -0.270. The molecule has 1 aromatic rings. The van der Waals surface area contributed by atoms with Gasteiger partial charge in [-0.25, -0.2) is 4.39 Å². The second kappa shape index (κ2) is 4.50. The van der Waals surface area contributed by atoms with Crippen LogP contribution in [0, 0.1) is 11.2 Å². The summed E-state index contributed by atoms with van der Waals surface area (Å²) in [6.45, 7) is 4.13. The molecule has 0 unspecified atom stereocenters. The molecule has 0 N–H and O–H groups in total. The molecule has 0 fully saturated rings. The Labute approximate surface area is 94.0 Å². The minimum Gasteiger partial charge on any atom is -0.205 e. The fourth-order valence-electron chi connectivity index (χ4n) is 1.25. The quantitative estimate of drug-likeness (QED) is 0.685. The van der Waals surface area contributed by atoms with Gasteiger partial charge < -0.3 is 0 Å². The van der Waals surface area contributed by atoms with Crippen molar-refractivity contribution in [3.8, 4) is 0 Å². The number of hydrogen-bond donors (Lipinski definition) is 0. The van der Waals surface area contributed by atoms with Gasteiger partial charge in [-0.15, -0.1) is 11.6 Å². The van der Waals surface area contributed by atoms with Gasteiger partial charge >= 0.3 is 0 Å². The monoisotopic (exact) mass is 234 g/mol. The molecule has 3 heteroatoms. The summed E-state index contributed by atoms with van der Waals surface area (Å²) in [5.41, 5.74) is 1.03. The lowest BCUT2D eigenvalue weighted by Crippen LogP contribution is -2.16. The van der Waals surface area contributed by atoms with Crippen LogP contribution in [0.15, 0.2) is 18.2 Å². The van der Waals surface area contributed by atoms with Crippen molar-refractivity contribution in [2.24, 2.45) is 5.41 Å². The van der Waals surface area contributed by atoms with Crippen LogP contribution in [0.4, 0.5) is 4.39 Å². The molecule has 0 spiro atoms. The van der Waals surface area contributed by atoms with E-state index in [1.165, 1.54) is 6.07 Å². The van der Waals surface area contributed by atoms with E-state index in [0.29, 0.717) is 5.88 Å². The first-order chi connectivity index (χ1) is 6.44. The largest absolute Gasteiger partial charge is 0.205 e. The molecule has 0 heterocycles. The third-order valence-electron chi connectivity index (χ3n) is 2.03. The van der Waals surface area contributed by atoms with Gasteiger partial charge in [0.15, 0.2) is 0 Å². The van der Waals surface area contributed by atoms with E-state index in [1.54, 1.807) is 12.1 Å². The summed E-state index contributed by atoms with van der Waals surface area (Å²) in [6, 6.07) is 4.79. The zero-order valence-corrected chi connectivity index (χ0v) is 9.79. The summed E-state index contributed by atoms with van der Waals surface area (Å²) in [4.78, 5) is 0. The number of hydrogen-bond acceptors (Lipinski definition) is 0. The van der Waals surface area contributed by atoms with Gasteiger partial charge in [0, 0.05) is 5.88 Å². The Bertz CT molecular complexity index is 321. The van der Waals surface area contributed by atoms with E-state index < -0.39 is 0 Å². The number of rotatable bonds is 3. The lowest BCUT2D eigenvalue weighted by molar-refractivity contribution is 0.418. The van der Waals surface area contributed by atoms with Crippen molar-refractivity contribution in [1.29, 1.82) is 0 Å².